The second-order valence-electron chi connectivity index (χ2n) is 4.80. The molecule has 1 aliphatic heterocycles. The fourth-order valence-electron chi connectivity index (χ4n) is 2.24. The van der Waals surface area contributed by atoms with Gasteiger partial charge in [0.2, 0.25) is 0 Å². The number of hydrogen-bond donors (Lipinski definition) is 1. The molecule has 92 valence electrons. The highest BCUT2D eigenvalue weighted by atomic mass is 79.9. The minimum absolute atomic E-state index is 0.383. The van der Waals surface area contributed by atoms with Gasteiger partial charge >= 0.3 is 0 Å². The summed E-state index contributed by atoms with van der Waals surface area (Å²) in [6, 6.07) is 8.53. The van der Waals surface area contributed by atoms with Crippen LogP contribution in [0.5, 0.6) is 0 Å². The molecule has 17 heavy (non-hydrogen) atoms. The van der Waals surface area contributed by atoms with Gasteiger partial charge in [0, 0.05) is 4.47 Å². The van der Waals surface area contributed by atoms with E-state index in [1.807, 2.05) is 18.2 Å². The van der Waals surface area contributed by atoms with Crippen LogP contribution < -0.4 is 10.6 Å². The standard InChI is InChI=1S/C13H18BrN3/c1-9(2)7-10-8-16-13(15)17(10)12-6-4-3-5-11(12)14/h3-6,9-10H,7-8H2,1-2H3,(H2,15,16). The number of para-hydroxylation sites is 1. The van der Waals surface area contributed by atoms with Crippen molar-refractivity contribution in [1.29, 1.82) is 0 Å². The zero-order valence-electron chi connectivity index (χ0n) is 10.2. The summed E-state index contributed by atoms with van der Waals surface area (Å²) in [5.74, 6) is 1.27. The number of halogens is 1. The molecular weight excluding hydrogens is 278 g/mol. The van der Waals surface area contributed by atoms with Crippen molar-refractivity contribution in [3.63, 3.8) is 0 Å². The summed E-state index contributed by atoms with van der Waals surface area (Å²) in [4.78, 5) is 6.51. The van der Waals surface area contributed by atoms with Crippen molar-refractivity contribution in [2.45, 2.75) is 26.3 Å². The van der Waals surface area contributed by atoms with E-state index in [0.29, 0.717) is 17.9 Å². The van der Waals surface area contributed by atoms with Crippen LogP contribution in [0, 0.1) is 5.92 Å². The number of nitrogens with zero attached hydrogens (tertiary/aromatic N) is 2. The van der Waals surface area contributed by atoms with E-state index in [2.05, 4.69) is 45.7 Å². The van der Waals surface area contributed by atoms with Crippen molar-refractivity contribution in [3.8, 4) is 0 Å². The summed E-state index contributed by atoms with van der Waals surface area (Å²) in [5, 5.41) is 0. The summed E-state index contributed by atoms with van der Waals surface area (Å²) in [7, 11) is 0. The first-order chi connectivity index (χ1) is 8.09. The Morgan fingerprint density at radius 3 is 2.82 bits per heavy atom. The van der Waals surface area contributed by atoms with Crippen molar-refractivity contribution in [1.82, 2.24) is 0 Å². The molecule has 4 heteroatoms. The van der Waals surface area contributed by atoms with E-state index in [9.17, 15) is 0 Å². The Bertz CT molecular complexity index is 428. The molecule has 0 saturated carbocycles. The lowest BCUT2D eigenvalue weighted by atomic mass is 10.0. The van der Waals surface area contributed by atoms with E-state index in [1.165, 1.54) is 0 Å². The smallest absolute Gasteiger partial charge is 0.196 e. The van der Waals surface area contributed by atoms with Crippen LogP contribution in [0.25, 0.3) is 0 Å². The second-order valence-corrected chi connectivity index (χ2v) is 5.66. The van der Waals surface area contributed by atoms with Gasteiger partial charge in [0.05, 0.1) is 18.3 Å². The lowest BCUT2D eigenvalue weighted by Gasteiger charge is -2.28. The maximum atomic E-state index is 6.00. The molecule has 3 nitrogen and oxygen atoms in total. The van der Waals surface area contributed by atoms with Gasteiger partial charge in [0.25, 0.3) is 0 Å². The zero-order chi connectivity index (χ0) is 12.4. The lowest BCUT2D eigenvalue weighted by molar-refractivity contribution is 0.512. The summed E-state index contributed by atoms with van der Waals surface area (Å²) >= 11 is 3.58. The Morgan fingerprint density at radius 2 is 2.18 bits per heavy atom. The Hall–Kier alpha value is -1.03. The van der Waals surface area contributed by atoms with E-state index in [4.69, 9.17) is 5.73 Å². The molecule has 2 N–H and O–H groups in total. The highest BCUT2D eigenvalue weighted by molar-refractivity contribution is 9.10. The Balaban J connectivity index is 2.28. The molecule has 0 aromatic heterocycles. The molecule has 2 rings (SSSR count). The average molecular weight is 296 g/mol. The molecule has 0 fully saturated rings. The molecule has 1 aromatic carbocycles. The van der Waals surface area contributed by atoms with E-state index < -0.39 is 0 Å². The summed E-state index contributed by atoms with van der Waals surface area (Å²) in [5.41, 5.74) is 7.11. The normalized spacial score (nSPS) is 19.9. The fraction of sp³-hybridized carbons (Fsp3) is 0.462. The van der Waals surface area contributed by atoms with Gasteiger partial charge < -0.3 is 10.6 Å². The molecule has 1 atom stereocenters. The second kappa shape index (κ2) is 5.08. The van der Waals surface area contributed by atoms with Gasteiger partial charge in [-0.2, -0.15) is 0 Å². The van der Waals surface area contributed by atoms with Crippen LogP contribution in [-0.2, 0) is 0 Å². The molecule has 0 aliphatic carbocycles. The highest BCUT2D eigenvalue weighted by Gasteiger charge is 2.28. The maximum absolute atomic E-state index is 6.00. The van der Waals surface area contributed by atoms with E-state index in [-0.39, 0.29) is 0 Å². The van der Waals surface area contributed by atoms with Crippen LogP contribution in [0.3, 0.4) is 0 Å². The molecule has 1 heterocycles. The molecular formula is C13H18BrN3. The monoisotopic (exact) mass is 295 g/mol. The van der Waals surface area contributed by atoms with Gasteiger partial charge in [-0.15, -0.1) is 0 Å². The third-order valence-electron chi connectivity index (χ3n) is 2.93. The van der Waals surface area contributed by atoms with Crippen molar-refractivity contribution >= 4 is 27.6 Å². The Morgan fingerprint density at radius 1 is 1.47 bits per heavy atom. The topological polar surface area (TPSA) is 41.6 Å². The lowest BCUT2D eigenvalue weighted by Crippen LogP contribution is -2.41. The van der Waals surface area contributed by atoms with Gasteiger partial charge in [0.15, 0.2) is 5.96 Å². The first-order valence-electron chi connectivity index (χ1n) is 5.93. The van der Waals surface area contributed by atoms with Crippen LogP contribution in [0.15, 0.2) is 33.7 Å². The largest absolute Gasteiger partial charge is 0.370 e. The van der Waals surface area contributed by atoms with Crippen molar-refractivity contribution < 1.29 is 0 Å². The maximum Gasteiger partial charge on any atom is 0.196 e. The molecule has 0 radical (unpaired) electrons. The predicted octanol–water partition coefficient (Wildman–Crippen LogP) is 3.00. The number of nitrogens with two attached hydrogens (primary N) is 1. The highest BCUT2D eigenvalue weighted by Crippen LogP contribution is 2.30. The molecule has 0 saturated heterocycles. The molecule has 1 unspecified atom stereocenters. The Kier molecular flexibility index (Phi) is 3.72. The third-order valence-corrected chi connectivity index (χ3v) is 3.60. The number of hydrogen-bond acceptors (Lipinski definition) is 3. The van der Waals surface area contributed by atoms with Gasteiger partial charge in [-0.1, -0.05) is 26.0 Å². The number of aliphatic imine (C=N–C) groups is 1. The van der Waals surface area contributed by atoms with Gasteiger partial charge in [0.1, 0.15) is 0 Å². The summed E-state index contributed by atoms with van der Waals surface area (Å²) in [6.45, 7) is 5.25. The minimum Gasteiger partial charge on any atom is -0.370 e. The van der Waals surface area contributed by atoms with Crippen molar-refractivity contribution in [2.24, 2.45) is 16.6 Å². The molecule has 1 aliphatic rings. The van der Waals surface area contributed by atoms with Gasteiger partial charge in [-0.05, 0) is 40.4 Å². The van der Waals surface area contributed by atoms with Crippen molar-refractivity contribution in [3.05, 3.63) is 28.7 Å². The summed E-state index contributed by atoms with van der Waals surface area (Å²) < 4.78 is 1.06. The van der Waals surface area contributed by atoms with Crippen molar-refractivity contribution in [2.75, 3.05) is 11.4 Å². The van der Waals surface area contributed by atoms with E-state index in [0.717, 1.165) is 23.1 Å². The van der Waals surface area contributed by atoms with Crippen LogP contribution in [-0.4, -0.2) is 18.5 Å². The zero-order valence-corrected chi connectivity index (χ0v) is 11.8. The van der Waals surface area contributed by atoms with Crippen LogP contribution in [0.1, 0.15) is 20.3 Å². The predicted molar refractivity (Wildman–Crippen MR) is 76.4 cm³/mol. The number of rotatable bonds is 3. The van der Waals surface area contributed by atoms with E-state index >= 15 is 0 Å². The number of anilines is 1. The summed E-state index contributed by atoms with van der Waals surface area (Å²) in [6.07, 6.45) is 1.10. The molecule has 0 spiro atoms. The molecule has 0 bridgehead atoms. The van der Waals surface area contributed by atoms with E-state index in [1.54, 1.807) is 0 Å². The van der Waals surface area contributed by atoms with Crippen LogP contribution in [0.2, 0.25) is 0 Å². The Labute approximate surface area is 111 Å². The quantitative estimate of drug-likeness (QED) is 0.931. The van der Waals surface area contributed by atoms with Crippen LogP contribution in [0.4, 0.5) is 5.69 Å². The third kappa shape index (κ3) is 2.63. The molecule has 0 amide bonds. The number of guanidine groups is 1. The fourth-order valence-corrected chi connectivity index (χ4v) is 2.71. The first-order valence-corrected chi connectivity index (χ1v) is 6.72. The average Bonchev–Trinajstić information content (AvgIpc) is 2.60. The SMILES string of the molecule is CC(C)CC1CN=C(N)N1c1ccccc1Br. The van der Waals surface area contributed by atoms with Gasteiger partial charge in [-0.3, -0.25) is 4.99 Å². The number of benzene rings is 1. The van der Waals surface area contributed by atoms with Crippen LogP contribution >= 0.6 is 15.9 Å². The first kappa shape index (κ1) is 12.4. The minimum atomic E-state index is 0.383. The molecule has 1 aromatic rings. The van der Waals surface area contributed by atoms with Gasteiger partial charge in [-0.25, -0.2) is 0 Å².